The van der Waals surface area contributed by atoms with E-state index < -0.39 is 0 Å². The molecule has 0 amide bonds. The van der Waals surface area contributed by atoms with Crippen LogP contribution < -0.4 is 0 Å². The molecule has 0 unspecified atom stereocenters. The molecular formula is C97H72. The lowest BCUT2D eigenvalue weighted by atomic mass is 9.79. The van der Waals surface area contributed by atoms with Gasteiger partial charge in [-0.05, 0) is 283 Å². The van der Waals surface area contributed by atoms with E-state index in [0.717, 1.165) is 0 Å². The Hall–Kier alpha value is -11.4. The van der Waals surface area contributed by atoms with E-state index in [1.165, 1.54) is 192 Å². The van der Waals surface area contributed by atoms with Crippen molar-refractivity contribution >= 4 is 75.4 Å². The average molecular weight is 1240 g/mol. The van der Waals surface area contributed by atoms with Crippen molar-refractivity contribution in [3.8, 4) is 89.0 Å². The van der Waals surface area contributed by atoms with Crippen LogP contribution in [0.5, 0.6) is 0 Å². The van der Waals surface area contributed by atoms with Gasteiger partial charge in [-0.3, -0.25) is 0 Å². The van der Waals surface area contributed by atoms with Gasteiger partial charge >= 0.3 is 0 Å². The zero-order chi connectivity index (χ0) is 65.3. The molecule has 2 aliphatic rings. The summed E-state index contributed by atoms with van der Waals surface area (Å²) in [5.74, 6) is 0.427. The second kappa shape index (κ2) is 22.6. The van der Waals surface area contributed by atoms with Crippen LogP contribution in [0.4, 0.5) is 0 Å². The van der Waals surface area contributed by atoms with Crippen LogP contribution in [-0.2, 0) is 10.8 Å². The lowest BCUT2D eigenvalue weighted by molar-refractivity contribution is 0.661. The molecule has 0 N–H and O–H groups in total. The van der Waals surface area contributed by atoms with E-state index in [9.17, 15) is 0 Å². The number of fused-ring (bicyclic) bond motifs is 14. The fourth-order valence-corrected chi connectivity index (χ4v) is 16.3. The molecule has 0 bridgehead atoms. The zero-order valence-corrected chi connectivity index (χ0v) is 55.7. The van der Waals surface area contributed by atoms with E-state index in [1.807, 2.05) is 0 Å². The maximum absolute atomic E-state index is 2.51. The highest BCUT2D eigenvalue weighted by atomic mass is 14.4. The lowest BCUT2D eigenvalue weighted by Gasteiger charge is -2.23. The van der Waals surface area contributed by atoms with E-state index >= 15 is 0 Å². The molecule has 0 aromatic heterocycles. The van der Waals surface area contributed by atoms with E-state index in [0.29, 0.717) is 5.92 Å². The minimum absolute atomic E-state index is 0.0623. The molecule has 0 radical (unpaired) electrons. The lowest BCUT2D eigenvalue weighted by Crippen LogP contribution is -2.15. The monoisotopic (exact) mass is 1240 g/mol. The van der Waals surface area contributed by atoms with Gasteiger partial charge in [0.2, 0.25) is 0 Å². The molecule has 0 saturated heterocycles. The van der Waals surface area contributed by atoms with Crippen LogP contribution in [-0.4, -0.2) is 0 Å². The predicted octanol–water partition coefficient (Wildman–Crippen LogP) is 27.2. The highest BCUT2D eigenvalue weighted by Crippen LogP contribution is 2.56. The Balaban J connectivity index is 0.000000141. The number of benzene rings is 17. The average Bonchev–Trinajstić information content (AvgIpc) is 1.57. The van der Waals surface area contributed by atoms with E-state index in [4.69, 9.17) is 0 Å². The maximum Gasteiger partial charge on any atom is 0.0159 e. The molecule has 97 heavy (non-hydrogen) atoms. The van der Waals surface area contributed by atoms with Crippen molar-refractivity contribution in [2.24, 2.45) is 0 Å². The summed E-state index contributed by atoms with van der Waals surface area (Å²) in [5.41, 5.74) is 27.4. The first-order valence-electron chi connectivity index (χ1n) is 34.4. The zero-order valence-electron chi connectivity index (χ0n) is 55.7. The Bertz CT molecular complexity index is 6090. The van der Waals surface area contributed by atoms with Crippen LogP contribution in [0.3, 0.4) is 0 Å². The van der Waals surface area contributed by atoms with Gasteiger partial charge in [-0.15, -0.1) is 0 Å². The third kappa shape index (κ3) is 9.88. The first-order chi connectivity index (χ1) is 47.3. The molecule has 460 valence electrons. The Morgan fingerprint density at radius 1 is 0.196 bits per heavy atom. The van der Waals surface area contributed by atoms with Gasteiger partial charge in [0.25, 0.3) is 0 Å². The third-order valence-corrected chi connectivity index (χ3v) is 21.7. The first-order valence-corrected chi connectivity index (χ1v) is 34.4. The number of hydrogen-bond donors (Lipinski definition) is 0. The molecule has 0 saturated carbocycles. The molecule has 0 fully saturated rings. The third-order valence-electron chi connectivity index (χ3n) is 21.7. The highest BCUT2D eigenvalue weighted by Gasteiger charge is 2.39. The molecule has 0 spiro atoms. The fraction of sp³-hybridized carbons (Fsp3) is 0.0928. The van der Waals surface area contributed by atoms with Crippen molar-refractivity contribution < 1.29 is 0 Å². The Morgan fingerprint density at radius 2 is 0.567 bits per heavy atom. The summed E-state index contributed by atoms with van der Waals surface area (Å²) in [5, 5.41) is 18.0. The van der Waals surface area contributed by atoms with Crippen molar-refractivity contribution in [2.75, 3.05) is 0 Å². The topological polar surface area (TPSA) is 0 Å². The highest BCUT2D eigenvalue weighted by molar-refractivity contribution is 6.14. The molecule has 0 heterocycles. The molecule has 0 heteroatoms. The Labute approximate surface area is 568 Å². The van der Waals surface area contributed by atoms with Crippen molar-refractivity contribution in [1.82, 2.24) is 0 Å². The summed E-state index contributed by atoms with van der Waals surface area (Å²) in [6.45, 7) is 14.2. The summed E-state index contributed by atoms with van der Waals surface area (Å²) in [7, 11) is 0. The van der Waals surface area contributed by atoms with Gasteiger partial charge in [-0.1, -0.05) is 278 Å². The SMILES string of the molecule is CC(C)c1cc(-c2ccc3c(c2)C(C)(C)c2cc4ccccc4cc2-3)cc(-c2ccc3cc(-c4ccc5ccccc5c4)ccc3c2)c1.CC1(C)c2cc3ccccc3cc2-c2c1cc(-c1cc(-c3ccc4ccc(-c5ccccc5)cc4c3)cc3ccccc13)c1ccccc21. The second-order valence-corrected chi connectivity index (χ2v) is 28.6. The van der Waals surface area contributed by atoms with Gasteiger partial charge in [0, 0.05) is 10.8 Å². The molecule has 17 aromatic carbocycles. The molecule has 2 aliphatic carbocycles. The van der Waals surface area contributed by atoms with E-state index in [1.54, 1.807) is 0 Å². The summed E-state index contributed by atoms with van der Waals surface area (Å²) in [6, 6.07) is 120. The molecule has 0 aliphatic heterocycles. The quantitative estimate of drug-likeness (QED) is 0.149. The van der Waals surface area contributed by atoms with E-state index in [2.05, 4.69) is 363 Å². The van der Waals surface area contributed by atoms with Crippen molar-refractivity contribution in [1.29, 1.82) is 0 Å². The van der Waals surface area contributed by atoms with Gasteiger partial charge in [0.05, 0.1) is 0 Å². The van der Waals surface area contributed by atoms with Crippen LogP contribution in [0.2, 0.25) is 0 Å². The van der Waals surface area contributed by atoms with Gasteiger partial charge < -0.3 is 0 Å². The predicted molar refractivity (Wildman–Crippen MR) is 417 cm³/mol. The van der Waals surface area contributed by atoms with Crippen LogP contribution >= 0.6 is 0 Å². The van der Waals surface area contributed by atoms with Crippen molar-refractivity contribution in [3.63, 3.8) is 0 Å². The van der Waals surface area contributed by atoms with Gasteiger partial charge in [-0.25, -0.2) is 0 Å². The fourth-order valence-electron chi connectivity index (χ4n) is 16.3. The molecule has 0 atom stereocenters. The van der Waals surface area contributed by atoms with Crippen LogP contribution in [0.15, 0.2) is 322 Å². The van der Waals surface area contributed by atoms with Crippen molar-refractivity contribution in [3.05, 3.63) is 349 Å². The molecule has 19 rings (SSSR count). The summed E-state index contributed by atoms with van der Waals surface area (Å²) in [6.07, 6.45) is 0. The first kappa shape index (κ1) is 58.2. The van der Waals surface area contributed by atoms with Gasteiger partial charge in [-0.2, -0.15) is 0 Å². The van der Waals surface area contributed by atoms with Gasteiger partial charge in [0.1, 0.15) is 0 Å². The number of rotatable bonds is 7. The van der Waals surface area contributed by atoms with Crippen LogP contribution in [0.1, 0.15) is 75.3 Å². The summed E-state index contributed by atoms with van der Waals surface area (Å²) < 4.78 is 0. The minimum Gasteiger partial charge on any atom is -0.0622 e. The molecular weight excluding hydrogens is 1170 g/mol. The standard InChI is InChI=1S/C49H34.C48H38/c1-49(2)46-29-34-15-7-6-14-33(34)27-45(46)48-42-19-11-10-18-41(42)44(30-47(48)49)43-28-39(26-37-16-8-9-17-40(37)43)36-23-21-32-20-22-35(24-38(32)25-36)31-12-4-3-5-13-31;1-30(2)41-24-42(39-18-17-37-22-36(15-16-38(37)23-39)35-14-13-31-9-5-6-10-32(31)21-35)26-43(25-41)40-19-20-44-45-27-33-11-7-8-12-34(33)28-47(45)48(3,4)46(44)29-40/h3-30H,1-2H3;5-30H,1-4H3. The maximum atomic E-state index is 2.51. The molecule has 0 nitrogen and oxygen atoms in total. The van der Waals surface area contributed by atoms with Crippen molar-refractivity contribution in [2.45, 2.75) is 58.3 Å². The normalized spacial score (nSPS) is 13.3. The minimum atomic E-state index is -0.129. The Morgan fingerprint density at radius 3 is 1.16 bits per heavy atom. The smallest absolute Gasteiger partial charge is 0.0159 e. The second-order valence-electron chi connectivity index (χ2n) is 28.6. The van der Waals surface area contributed by atoms with E-state index in [-0.39, 0.29) is 10.8 Å². The summed E-state index contributed by atoms with van der Waals surface area (Å²) >= 11 is 0. The van der Waals surface area contributed by atoms with Crippen LogP contribution in [0.25, 0.3) is 164 Å². The Kier molecular flexibility index (Phi) is 13.6. The largest absolute Gasteiger partial charge is 0.0622 e. The summed E-state index contributed by atoms with van der Waals surface area (Å²) in [4.78, 5) is 0. The number of hydrogen-bond acceptors (Lipinski definition) is 0. The van der Waals surface area contributed by atoms with Gasteiger partial charge in [0.15, 0.2) is 0 Å². The van der Waals surface area contributed by atoms with Crippen LogP contribution in [0, 0.1) is 0 Å². The molecule has 17 aromatic rings.